The van der Waals surface area contributed by atoms with Crippen LogP contribution in [0.4, 0.5) is 5.82 Å². The molecule has 126 valence electrons. The summed E-state index contributed by atoms with van der Waals surface area (Å²) in [5.74, 6) is 1.36. The predicted molar refractivity (Wildman–Crippen MR) is 90.5 cm³/mol. The molecule has 0 saturated carbocycles. The fourth-order valence-electron chi connectivity index (χ4n) is 3.90. The van der Waals surface area contributed by atoms with Crippen LogP contribution in [-0.4, -0.2) is 38.7 Å². The summed E-state index contributed by atoms with van der Waals surface area (Å²) >= 11 is 0. The molecule has 2 aromatic rings. The number of aromatic carboxylic acids is 1. The van der Waals surface area contributed by atoms with Crippen molar-refractivity contribution in [3.8, 4) is 0 Å². The lowest BCUT2D eigenvalue weighted by Crippen LogP contribution is -2.36. The second-order valence-corrected chi connectivity index (χ2v) is 6.69. The van der Waals surface area contributed by atoms with E-state index in [9.17, 15) is 4.79 Å². The number of nitrogens with zero attached hydrogens (tertiary/aromatic N) is 4. The molecule has 2 aromatic heterocycles. The molecule has 1 fully saturated rings. The minimum Gasteiger partial charge on any atom is -0.477 e. The maximum atomic E-state index is 11.2. The largest absolute Gasteiger partial charge is 0.477 e. The van der Waals surface area contributed by atoms with E-state index in [0.29, 0.717) is 5.92 Å². The van der Waals surface area contributed by atoms with Gasteiger partial charge in [0.2, 0.25) is 0 Å². The van der Waals surface area contributed by atoms with E-state index < -0.39 is 5.97 Å². The minimum absolute atomic E-state index is 0.104. The molecule has 0 bridgehead atoms. The average Bonchev–Trinajstić information content (AvgIpc) is 3.06. The first-order valence-corrected chi connectivity index (χ1v) is 8.72. The van der Waals surface area contributed by atoms with E-state index in [0.717, 1.165) is 44.7 Å². The zero-order valence-corrected chi connectivity index (χ0v) is 13.7. The van der Waals surface area contributed by atoms with Gasteiger partial charge in [-0.1, -0.05) is 6.07 Å². The number of piperidine rings is 1. The quantitative estimate of drug-likeness (QED) is 0.939. The van der Waals surface area contributed by atoms with Crippen LogP contribution in [0.2, 0.25) is 0 Å². The molecule has 2 aliphatic rings. The minimum atomic E-state index is -0.979. The van der Waals surface area contributed by atoms with Gasteiger partial charge >= 0.3 is 5.97 Å². The molecule has 0 spiro atoms. The molecule has 1 saturated heterocycles. The summed E-state index contributed by atoms with van der Waals surface area (Å²) in [5, 5.41) is 9.15. The number of hydrogen-bond donors (Lipinski definition) is 1. The van der Waals surface area contributed by atoms with Gasteiger partial charge < -0.3 is 14.6 Å². The van der Waals surface area contributed by atoms with E-state index in [4.69, 9.17) is 10.1 Å². The second kappa shape index (κ2) is 6.26. The smallest absolute Gasteiger partial charge is 0.354 e. The number of carbonyl (C=O) groups is 1. The highest BCUT2D eigenvalue weighted by molar-refractivity contribution is 5.85. The Morgan fingerprint density at radius 3 is 3.00 bits per heavy atom. The van der Waals surface area contributed by atoms with Crippen LogP contribution in [-0.2, 0) is 13.0 Å². The highest BCUT2D eigenvalue weighted by Gasteiger charge is 2.27. The van der Waals surface area contributed by atoms with Crippen LogP contribution < -0.4 is 4.90 Å². The van der Waals surface area contributed by atoms with Crippen molar-refractivity contribution in [1.29, 1.82) is 0 Å². The van der Waals surface area contributed by atoms with Gasteiger partial charge in [0.25, 0.3) is 0 Å². The van der Waals surface area contributed by atoms with Crippen molar-refractivity contribution in [1.82, 2.24) is 14.5 Å². The van der Waals surface area contributed by atoms with Crippen LogP contribution in [0.3, 0.4) is 0 Å². The van der Waals surface area contributed by atoms with Crippen molar-refractivity contribution in [2.75, 3.05) is 18.0 Å². The Balaban J connectivity index is 1.57. The summed E-state index contributed by atoms with van der Waals surface area (Å²) in [6.07, 6.45) is 7.86. The number of anilines is 1. The number of imidazole rings is 1. The number of fused-ring (bicyclic) bond motifs is 1. The van der Waals surface area contributed by atoms with Crippen molar-refractivity contribution in [3.63, 3.8) is 0 Å². The summed E-state index contributed by atoms with van der Waals surface area (Å²) in [6, 6.07) is 5.21. The van der Waals surface area contributed by atoms with Crippen LogP contribution in [0.1, 0.15) is 53.6 Å². The normalized spacial score (nSPS) is 20.7. The van der Waals surface area contributed by atoms with Crippen molar-refractivity contribution in [3.05, 3.63) is 41.6 Å². The van der Waals surface area contributed by atoms with E-state index in [1.807, 2.05) is 12.3 Å². The molecule has 0 aromatic carbocycles. The first-order valence-electron chi connectivity index (χ1n) is 8.72. The summed E-state index contributed by atoms with van der Waals surface area (Å²) in [5.41, 5.74) is 1.46. The first-order chi connectivity index (χ1) is 11.7. The molecule has 0 radical (unpaired) electrons. The lowest BCUT2D eigenvalue weighted by Gasteiger charge is -2.34. The van der Waals surface area contributed by atoms with Gasteiger partial charge in [0.05, 0.1) is 0 Å². The third-order valence-electron chi connectivity index (χ3n) is 5.10. The Morgan fingerprint density at radius 2 is 2.12 bits per heavy atom. The molecule has 0 aliphatic carbocycles. The van der Waals surface area contributed by atoms with Crippen LogP contribution in [0.15, 0.2) is 24.4 Å². The average molecular weight is 326 g/mol. The highest BCUT2D eigenvalue weighted by Crippen LogP contribution is 2.30. The number of rotatable bonds is 3. The maximum Gasteiger partial charge on any atom is 0.354 e. The van der Waals surface area contributed by atoms with Gasteiger partial charge in [-0.05, 0) is 44.2 Å². The maximum absolute atomic E-state index is 11.2. The van der Waals surface area contributed by atoms with Crippen molar-refractivity contribution in [2.24, 2.45) is 0 Å². The van der Waals surface area contributed by atoms with Gasteiger partial charge in [0.15, 0.2) is 5.69 Å². The van der Waals surface area contributed by atoms with Crippen LogP contribution in [0, 0.1) is 0 Å². The Kier molecular flexibility index (Phi) is 3.96. The molecular weight excluding hydrogens is 304 g/mol. The molecule has 4 heterocycles. The second-order valence-electron chi connectivity index (χ2n) is 6.69. The van der Waals surface area contributed by atoms with Gasteiger partial charge in [-0.25, -0.2) is 14.8 Å². The SMILES string of the molecule is O=C(O)c1cccc(N2CCCC(c3ncc4n3CCCC4)C2)n1. The zero-order valence-electron chi connectivity index (χ0n) is 13.7. The van der Waals surface area contributed by atoms with Gasteiger partial charge in [0.1, 0.15) is 11.6 Å². The standard InChI is InChI=1S/C18H22N4O2/c23-18(24)15-7-3-8-16(20-15)21-9-4-5-13(12-21)17-19-11-14-6-1-2-10-22(14)17/h3,7-8,11,13H,1-2,4-6,9-10,12H2,(H,23,24). The van der Waals surface area contributed by atoms with Crippen molar-refractivity contribution >= 4 is 11.8 Å². The van der Waals surface area contributed by atoms with Gasteiger partial charge in [-0.15, -0.1) is 0 Å². The molecule has 1 atom stereocenters. The molecule has 1 unspecified atom stereocenters. The monoisotopic (exact) mass is 326 g/mol. The number of aryl methyl sites for hydroxylation is 1. The van der Waals surface area contributed by atoms with Crippen molar-refractivity contribution < 1.29 is 9.90 Å². The molecule has 24 heavy (non-hydrogen) atoms. The summed E-state index contributed by atoms with van der Waals surface area (Å²) in [7, 11) is 0. The van der Waals surface area contributed by atoms with Crippen LogP contribution >= 0.6 is 0 Å². The molecule has 4 rings (SSSR count). The lowest BCUT2D eigenvalue weighted by molar-refractivity contribution is 0.0690. The Bertz CT molecular complexity index is 755. The van der Waals surface area contributed by atoms with E-state index in [1.165, 1.54) is 30.4 Å². The highest BCUT2D eigenvalue weighted by atomic mass is 16.4. The topological polar surface area (TPSA) is 71.2 Å². The molecular formula is C18H22N4O2. The number of carboxylic acids is 1. The molecule has 6 heteroatoms. The molecule has 1 N–H and O–H groups in total. The summed E-state index contributed by atoms with van der Waals surface area (Å²) in [6.45, 7) is 2.85. The predicted octanol–water partition coefficient (Wildman–Crippen LogP) is 2.70. The lowest BCUT2D eigenvalue weighted by atomic mass is 9.96. The van der Waals surface area contributed by atoms with Gasteiger partial charge in [-0.2, -0.15) is 0 Å². The number of hydrogen-bond acceptors (Lipinski definition) is 4. The fourth-order valence-corrected chi connectivity index (χ4v) is 3.90. The third-order valence-corrected chi connectivity index (χ3v) is 5.10. The van der Waals surface area contributed by atoms with E-state index in [2.05, 4.69) is 14.5 Å². The molecule has 6 nitrogen and oxygen atoms in total. The van der Waals surface area contributed by atoms with Crippen LogP contribution in [0.25, 0.3) is 0 Å². The Labute approximate surface area is 141 Å². The Morgan fingerprint density at radius 1 is 1.21 bits per heavy atom. The summed E-state index contributed by atoms with van der Waals surface area (Å²) < 4.78 is 2.40. The van der Waals surface area contributed by atoms with Gasteiger partial charge in [0, 0.05) is 37.4 Å². The van der Waals surface area contributed by atoms with E-state index in [1.54, 1.807) is 6.07 Å². The summed E-state index contributed by atoms with van der Waals surface area (Å²) in [4.78, 5) is 22.4. The molecule has 0 amide bonds. The zero-order chi connectivity index (χ0) is 16.5. The number of pyridine rings is 1. The van der Waals surface area contributed by atoms with E-state index >= 15 is 0 Å². The van der Waals surface area contributed by atoms with E-state index in [-0.39, 0.29) is 5.69 Å². The first kappa shape index (κ1) is 15.2. The Hall–Kier alpha value is -2.37. The fraction of sp³-hybridized carbons (Fsp3) is 0.500. The molecule has 2 aliphatic heterocycles. The third kappa shape index (κ3) is 2.77. The van der Waals surface area contributed by atoms with Gasteiger partial charge in [-0.3, -0.25) is 0 Å². The van der Waals surface area contributed by atoms with Crippen LogP contribution in [0.5, 0.6) is 0 Å². The number of carboxylic acid groups (broad SMARTS) is 1. The van der Waals surface area contributed by atoms with Crippen molar-refractivity contribution in [2.45, 2.75) is 44.6 Å². The number of aromatic nitrogens is 3.